The number of hydrogen-bond donors (Lipinski definition) is 0. The topological polar surface area (TPSA) is 35.5 Å². The van der Waals surface area contributed by atoms with E-state index in [4.69, 9.17) is 9.47 Å². The van der Waals surface area contributed by atoms with Gasteiger partial charge in [0.15, 0.2) is 0 Å². The minimum atomic E-state index is -1.07. The summed E-state index contributed by atoms with van der Waals surface area (Å²) in [4.78, 5) is 12.0. The predicted octanol–water partition coefficient (Wildman–Crippen LogP) is 8.00. The van der Waals surface area contributed by atoms with Crippen LogP contribution in [-0.2, 0) is 14.3 Å². The Hall–Kier alpha value is -0.353. The van der Waals surface area contributed by atoms with Crippen molar-refractivity contribution in [3.63, 3.8) is 0 Å². The molecular weight excluding hydrogens is 376 g/mol. The number of carbonyl (C=O) groups is 1. The highest BCUT2D eigenvalue weighted by atomic mass is 28.3. The van der Waals surface area contributed by atoms with E-state index in [1.54, 1.807) is 0 Å². The highest BCUT2D eigenvalue weighted by Gasteiger charge is 2.20. The molecule has 0 aliphatic rings. The molecule has 0 heterocycles. The average Bonchev–Trinajstić information content (AvgIpc) is 2.68. The minimum Gasteiger partial charge on any atom is -0.469 e. The normalized spacial score (nSPS) is 12.9. The van der Waals surface area contributed by atoms with E-state index in [-0.39, 0.29) is 11.9 Å². The zero-order valence-corrected chi connectivity index (χ0v) is 21.5. The molecule has 29 heavy (non-hydrogen) atoms. The molecular formula is C25H52O3Si. The number of hydrogen-bond acceptors (Lipinski definition) is 3. The van der Waals surface area contributed by atoms with Crippen molar-refractivity contribution in [2.75, 3.05) is 20.3 Å². The second-order valence-corrected chi connectivity index (χ2v) is 15.6. The predicted molar refractivity (Wildman–Crippen MR) is 129 cm³/mol. The fraction of sp³-hybridized carbons (Fsp3) is 0.960. The van der Waals surface area contributed by atoms with Crippen molar-refractivity contribution in [2.45, 2.75) is 129 Å². The second kappa shape index (κ2) is 19.6. The molecule has 4 heteroatoms. The monoisotopic (exact) mass is 428 g/mol. The van der Waals surface area contributed by atoms with Gasteiger partial charge in [0.25, 0.3) is 0 Å². The Labute approximate surface area is 183 Å². The molecule has 0 unspecified atom stereocenters. The fourth-order valence-electron chi connectivity index (χ4n) is 3.63. The number of carbonyl (C=O) groups excluding carboxylic acids is 1. The molecule has 0 spiro atoms. The maximum absolute atomic E-state index is 12.0. The van der Waals surface area contributed by atoms with E-state index in [2.05, 4.69) is 26.6 Å². The van der Waals surface area contributed by atoms with Crippen LogP contribution < -0.4 is 0 Å². The third-order valence-electron chi connectivity index (χ3n) is 5.76. The molecule has 0 aromatic rings. The Balaban J connectivity index is 3.57. The van der Waals surface area contributed by atoms with Gasteiger partial charge in [-0.05, 0) is 12.5 Å². The molecule has 0 aromatic carbocycles. The third-order valence-corrected chi connectivity index (χ3v) is 7.46. The van der Waals surface area contributed by atoms with Gasteiger partial charge in [-0.3, -0.25) is 4.79 Å². The molecule has 0 N–H and O–H groups in total. The van der Waals surface area contributed by atoms with Gasteiger partial charge in [-0.1, -0.05) is 116 Å². The summed E-state index contributed by atoms with van der Waals surface area (Å²) in [6, 6.07) is 1.15. The first-order valence-electron chi connectivity index (χ1n) is 12.6. The second-order valence-electron chi connectivity index (χ2n) is 9.99. The van der Waals surface area contributed by atoms with Crippen LogP contribution in [0.3, 0.4) is 0 Å². The standard InChI is InChI=1S/C25H52O3Si/c1-6-7-8-9-10-11-12-13-14-15-16-17-18-19-20-24(25(26)27-2)23-28-21-22-29(3,4)5/h24H,6-23H2,1-5H3/t24-/m1/s1. The maximum Gasteiger partial charge on any atom is 0.311 e. The van der Waals surface area contributed by atoms with E-state index in [0.29, 0.717) is 6.61 Å². The number of methoxy groups -OCH3 is 1. The van der Waals surface area contributed by atoms with E-state index in [9.17, 15) is 4.79 Å². The average molecular weight is 429 g/mol. The van der Waals surface area contributed by atoms with Crippen molar-refractivity contribution >= 4 is 14.0 Å². The van der Waals surface area contributed by atoms with Crippen LogP contribution >= 0.6 is 0 Å². The van der Waals surface area contributed by atoms with Gasteiger partial charge in [0.2, 0.25) is 0 Å². The van der Waals surface area contributed by atoms with Crippen LogP contribution in [0, 0.1) is 5.92 Å². The summed E-state index contributed by atoms with van der Waals surface area (Å²) < 4.78 is 10.8. The smallest absolute Gasteiger partial charge is 0.311 e. The SMILES string of the molecule is CCCCCCCCCCCCCCCC[C@H](COCC[Si](C)(C)C)C(=O)OC. The lowest BCUT2D eigenvalue weighted by Crippen LogP contribution is -2.25. The number of rotatable bonds is 21. The van der Waals surface area contributed by atoms with Crippen molar-refractivity contribution in [3.05, 3.63) is 0 Å². The highest BCUT2D eigenvalue weighted by molar-refractivity contribution is 6.76. The molecule has 0 aromatic heterocycles. The molecule has 0 radical (unpaired) electrons. The molecule has 3 nitrogen and oxygen atoms in total. The summed E-state index contributed by atoms with van der Waals surface area (Å²) in [6.45, 7) is 10.6. The van der Waals surface area contributed by atoms with Crippen LogP contribution in [0.2, 0.25) is 25.7 Å². The molecule has 0 fully saturated rings. The van der Waals surface area contributed by atoms with Gasteiger partial charge in [0.1, 0.15) is 0 Å². The van der Waals surface area contributed by atoms with Gasteiger partial charge in [0, 0.05) is 14.7 Å². The first kappa shape index (κ1) is 28.6. The zero-order chi connectivity index (χ0) is 21.8. The van der Waals surface area contributed by atoms with E-state index < -0.39 is 8.07 Å². The van der Waals surface area contributed by atoms with Gasteiger partial charge < -0.3 is 9.47 Å². The Morgan fingerprint density at radius 1 is 0.759 bits per heavy atom. The maximum atomic E-state index is 12.0. The van der Waals surface area contributed by atoms with Gasteiger partial charge in [-0.15, -0.1) is 0 Å². The van der Waals surface area contributed by atoms with Crippen LogP contribution in [0.5, 0.6) is 0 Å². The Kier molecular flexibility index (Phi) is 19.4. The van der Waals surface area contributed by atoms with Crippen LogP contribution in [0.4, 0.5) is 0 Å². The first-order chi connectivity index (χ1) is 13.9. The van der Waals surface area contributed by atoms with Crippen LogP contribution in [0.25, 0.3) is 0 Å². The molecule has 0 bridgehead atoms. The zero-order valence-electron chi connectivity index (χ0n) is 20.5. The molecule has 1 atom stereocenters. The quantitative estimate of drug-likeness (QED) is 0.105. The lowest BCUT2D eigenvalue weighted by atomic mass is 10.0. The number of esters is 1. The number of ether oxygens (including phenoxy) is 2. The van der Waals surface area contributed by atoms with Gasteiger partial charge in [0.05, 0.1) is 19.6 Å². The molecule has 0 saturated heterocycles. The van der Waals surface area contributed by atoms with Crippen molar-refractivity contribution in [1.29, 1.82) is 0 Å². The summed E-state index contributed by atoms with van der Waals surface area (Å²) >= 11 is 0. The summed E-state index contributed by atoms with van der Waals surface area (Å²) in [7, 11) is 0.421. The Bertz CT molecular complexity index is 366. The first-order valence-corrected chi connectivity index (χ1v) is 16.3. The van der Waals surface area contributed by atoms with Crippen molar-refractivity contribution in [1.82, 2.24) is 0 Å². The summed E-state index contributed by atoms with van der Waals surface area (Å²) in [5.74, 6) is -0.188. The Morgan fingerprint density at radius 2 is 1.21 bits per heavy atom. The molecule has 0 aliphatic heterocycles. The summed E-state index contributed by atoms with van der Waals surface area (Å²) in [6.07, 6.45) is 19.9. The minimum absolute atomic E-state index is 0.0843. The van der Waals surface area contributed by atoms with Crippen molar-refractivity contribution < 1.29 is 14.3 Å². The largest absolute Gasteiger partial charge is 0.469 e. The van der Waals surface area contributed by atoms with Crippen LogP contribution in [0.15, 0.2) is 0 Å². The third kappa shape index (κ3) is 20.7. The van der Waals surface area contributed by atoms with E-state index in [1.807, 2.05) is 0 Å². The van der Waals surface area contributed by atoms with Crippen LogP contribution in [0.1, 0.15) is 103 Å². The van der Waals surface area contributed by atoms with Crippen molar-refractivity contribution in [2.24, 2.45) is 5.92 Å². The summed E-state index contributed by atoms with van der Waals surface area (Å²) in [5, 5.41) is 0. The van der Waals surface area contributed by atoms with E-state index in [0.717, 1.165) is 25.5 Å². The van der Waals surface area contributed by atoms with Crippen molar-refractivity contribution in [3.8, 4) is 0 Å². The van der Waals surface area contributed by atoms with Crippen LogP contribution in [-0.4, -0.2) is 34.4 Å². The van der Waals surface area contributed by atoms with E-state index >= 15 is 0 Å². The van der Waals surface area contributed by atoms with Gasteiger partial charge in [-0.2, -0.15) is 0 Å². The highest BCUT2D eigenvalue weighted by Crippen LogP contribution is 2.17. The molecule has 0 aliphatic carbocycles. The van der Waals surface area contributed by atoms with E-state index in [1.165, 1.54) is 90.6 Å². The lowest BCUT2D eigenvalue weighted by Gasteiger charge is -2.18. The summed E-state index contributed by atoms with van der Waals surface area (Å²) in [5.41, 5.74) is 0. The van der Waals surface area contributed by atoms with Gasteiger partial charge >= 0.3 is 5.97 Å². The molecule has 0 saturated carbocycles. The fourth-order valence-corrected chi connectivity index (χ4v) is 4.38. The lowest BCUT2D eigenvalue weighted by molar-refractivity contribution is -0.147. The molecule has 0 amide bonds. The Morgan fingerprint density at radius 3 is 1.62 bits per heavy atom. The molecule has 0 rings (SSSR count). The molecule has 174 valence electrons. The number of unbranched alkanes of at least 4 members (excludes halogenated alkanes) is 13. The van der Waals surface area contributed by atoms with Gasteiger partial charge in [-0.25, -0.2) is 0 Å².